The minimum absolute atomic E-state index is 0.0318. The molecular weight excluding hydrogens is 587 g/mol. The molecule has 246 valence electrons. The van der Waals surface area contributed by atoms with Gasteiger partial charge in [0, 0.05) is 27.8 Å². The molecule has 0 spiro atoms. The van der Waals surface area contributed by atoms with Crippen LogP contribution in [-0.4, -0.2) is 20.2 Å². The predicted molar refractivity (Wildman–Crippen MR) is 187 cm³/mol. The van der Waals surface area contributed by atoms with Gasteiger partial charge in [-0.2, -0.15) is 0 Å². The summed E-state index contributed by atoms with van der Waals surface area (Å²) in [5.41, 5.74) is 7.73. The Balaban J connectivity index is 1.34. The lowest BCUT2D eigenvalue weighted by molar-refractivity contribution is -0.0322. The Morgan fingerprint density at radius 3 is 1.94 bits per heavy atom. The second-order valence-corrected chi connectivity index (χ2v) is 11.9. The van der Waals surface area contributed by atoms with Gasteiger partial charge in [0.25, 0.3) is 0 Å². The highest BCUT2D eigenvalue weighted by molar-refractivity contribution is 5.56. The summed E-state index contributed by atoms with van der Waals surface area (Å²) < 4.78 is 35.5. The highest BCUT2D eigenvalue weighted by Gasteiger charge is 2.21. The Hall–Kier alpha value is -4.29. The van der Waals surface area contributed by atoms with Crippen LogP contribution in [0.5, 0.6) is 0 Å². The van der Waals surface area contributed by atoms with Crippen molar-refractivity contribution in [1.82, 2.24) is 0 Å². The Labute approximate surface area is 281 Å². The van der Waals surface area contributed by atoms with Crippen LogP contribution in [0.3, 0.4) is 0 Å². The van der Waals surface area contributed by atoms with Crippen molar-refractivity contribution in [1.29, 1.82) is 0 Å². The maximum Gasteiger partial charge on any atom is 0.188 e. The van der Waals surface area contributed by atoms with Crippen molar-refractivity contribution in [2.45, 2.75) is 71.8 Å². The van der Waals surface area contributed by atoms with E-state index in [4.69, 9.17) is 18.9 Å². The van der Waals surface area contributed by atoms with Gasteiger partial charge in [-0.1, -0.05) is 81.7 Å². The summed E-state index contributed by atoms with van der Waals surface area (Å²) in [6.45, 7) is 12.5. The molecule has 0 aliphatic heterocycles. The highest BCUT2D eigenvalue weighted by Crippen LogP contribution is 2.32. The van der Waals surface area contributed by atoms with E-state index in [1.807, 2.05) is 6.07 Å². The molecule has 5 heteroatoms. The molecule has 3 aromatic rings. The maximum atomic E-state index is 14.6. The van der Waals surface area contributed by atoms with Crippen molar-refractivity contribution >= 4 is 0 Å². The van der Waals surface area contributed by atoms with E-state index in [1.54, 1.807) is 6.07 Å². The Bertz CT molecular complexity index is 1550. The van der Waals surface area contributed by atoms with Crippen molar-refractivity contribution in [2.75, 3.05) is 20.2 Å². The second kappa shape index (κ2) is 19.4. The summed E-state index contributed by atoms with van der Waals surface area (Å²) in [7, 11) is 0. The van der Waals surface area contributed by atoms with Gasteiger partial charge in [0.15, 0.2) is 13.6 Å². The average Bonchev–Trinajstić information content (AvgIpc) is 3.10. The Kier molecular flexibility index (Phi) is 14.7. The molecule has 3 aromatic carbocycles. The van der Waals surface area contributed by atoms with Crippen LogP contribution in [0.1, 0.15) is 90.5 Å². The lowest BCUT2D eigenvalue weighted by atomic mass is 9.80. The van der Waals surface area contributed by atoms with E-state index in [0.717, 1.165) is 59.6 Å². The third-order valence-corrected chi connectivity index (χ3v) is 8.71. The standard InChI is InChI=1S/C42H47FO4/c1-5-38-25-37(26-39(6-2)41(38)24-22-35-21-23-40(42(43)27-35)29-47-31-45-8-4)20-17-33-12-9-32(10-13-33)11-14-34-15-18-36(19-16-34)28-46-30-44-7-3/h7-10,12-13,21,23,25-27,34,36H,3-6,11,14-16,18-19,28-31H2,1-2H3. The van der Waals surface area contributed by atoms with Gasteiger partial charge in [0.2, 0.25) is 0 Å². The molecule has 0 N–H and O–H groups in total. The SMILES string of the molecule is C=COCOCc1ccc(C#Cc2c(CC)cc(C#Cc3ccc(CCC4CCC(COCOC=C)CC4)cc3)cc2CC)cc1F. The number of aryl methyl sites for hydroxylation is 3. The minimum atomic E-state index is -0.351. The first kappa shape index (κ1) is 35.6. The van der Waals surface area contributed by atoms with Gasteiger partial charge in [0.05, 0.1) is 25.7 Å². The van der Waals surface area contributed by atoms with Gasteiger partial charge >= 0.3 is 0 Å². The molecule has 4 rings (SSSR count). The van der Waals surface area contributed by atoms with Gasteiger partial charge in [-0.05, 0) is 103 Å². The van der Waals surface area contributed by atoms with Gasteiger partial charge < -0.3 is 18.9 Å². The quantitative estimate of drug-likeness (QED) is 0.0723. The number of ether oxygens (including phenoxy) is 4. The molecule has 47 heavy (non-hydrogen) atoms. The molecule has 0 heterocycles. The number of hydrogen-bond acceptors (Lipinski definition) is 4. The fourth-order valence-electron chi connectivity index (χ4n) is 5.95. The van der Waals surface area contributed by atoms with E-state index in [-0.39, 0.29) is 19.2 Å². The van der Waals surface area contributed by atoms with Crippen LogP contribution in [0, 0.1) is 41.3 Å². The summed E-state index contributed by atoms with van der Waals surface area (Å²) in [5, 5.41) is 0. The zero-order valence-electron chi connectivity index (χ0n) is 27.9. The number of halogens is 1. The Morgan fingerprint density at radius 1 is 0.702 bits per heavy atom. The molecule has 0 unspecified atom stereocenters. The van der Waals surface area contributed by atoms with Crippen LogP contribution in [0.25, 0.3) is 0 Å². The first-order valence-electron chi connectivity index (χ1n) is 16.7. The molecule has 0 radical (unpaired) electrons. The third kappa shape index (κ3) is 11.5. The summed E-state index contributed by atoms with van der Waals surface area (Å²) in [5.74, 6) is 14.3. The van der Waals surface area contributed by atoms with Crippen LogP contribution in [0.15, 0.2) is 80.3 Å². The smallest absolute Gasteiger partial charge is 0.188 e. The number of rotatable bonds is 15. The van der Waals surface area contributed by atoms with E-state index < -0.39 is 0 Å². The largest absolute Gasteiger partial charge is 0.476 e. The molecule has 0 amide bonds. The monoisotopic (exact) mass is 634 g/mol. The first-order valence-corrected chi connectivity index (χ1v) is 16.7. The number of hydrogen-bond donors (Lipinski definition) is 0. The predicted octanol–water partition coefficient (Wildman–Crippen LogP) is 9.26. The van der Waals surface area contributed by atoms with E-state index in [9.17, 15) is 4.39 Å². The van der Waals surface area contributed by atoms with Crippen LogP contribution in [-0.2, 0) is 44.8 Å². The molecule has 1 fully saturated rings. The van der Waals surface area contributed by atoms with Crippen LogP contribution in [0.2, 0.25) is 0 Å². The van der Waals surface area contributed by atoms with Crippen LogP contribution in [0.4, 0.5) is 4.39 Å². The fraction of sp³-hybridized carbons (Fsp3) is 0.381. The average molecular weight is 635 g/mol. The first-order chi connectivity index (χ1) is 23.0. The maximum absolute atomic E-state index is 14.6. The van der Waals surface area contributed by atoms with Gasteiger partial charge in [0.1, 0.15) is 5.82 Å². The normalized spacial score (nSPS) is 15.5. The lowest BCUT2D eigenvalue weighted by Crippen LogP contribution is -2.19. The van der Waals surface area contributed by atoms with E-state index in [0.29, 0.717) is 23.8 Å². The summed E-state index contributed by atoms with van der Waals surface area (Å²) in [6.07, 6.45) is 11.7. The van der Waals surface area contributed by atoms with Crippen molar-refractivity contribution in [3.8, 4) is 23.7 Å². The lowest BCUT2D eigenvalue weighted by Gasteiger charge is -2.28. The van der Waals surface area contributed by atoms with Crippen LogP contribution >= 0.6 is 0 Å². The molecule has 1 saturated carbocycles. The van der Waals surface area contributed by atoms with E-state index in [1.165, 1.54) is 56.3 Å². The minimum Gasteiger partial charge on any atom is -0.476 e. The summed E-state index contributed by atoms with van der Waals surface area (Å²) in [4.78, 5) is 0. The molecule has 0 bridgehead atoms. The van der Waals surface area contributed by atoms with Crippen molar-refractivity contribution in [3.63, 3.8) is 0 Å². The summed E-state index contributed by atoms with van der Waals surface area (Å²) in [6, 6.07) is 17.9. The van der Waals surface area contributed by atoms with Crippen molar-refractivity contribution in [3.05, 3.63) is 131 Å². The zero-order chi connectivity index (χ0) is 33.3. The molecule has 1 aliphatic rings. The topological polar surface area (TPSA) is 36.9 Å². The third-order valence-electron chi connectivity index (χ3n) is 8.71. The van der Waals surface area contributed by atoms with Crippen molar-refractivity contribution < 1.29 is 23.3 Å². The fourth-order valence-corrected chi connectivity index (χ4v) is 5.95. The number of benzene rings is 3. The van der Waals surface area contributed by atoms with Gasteiger partial charge in [-0.15, -0.1) is 0 Å². The molecule has 0 atom stereocenters. The summed E-state index contributed by atoms with van der Waals surface area (Å²) >= 11 is 0. The zero-order valence-corrected chi connectivity index (χ0v) is 27.9. The van der Waals surface area contributed by atoms with Crippen molar-refractivity contribution in [2.24, 2.45) is 11.8 Å². The molecular formula is C42H47FO4. The highest BCUT2D eigenvalue weighted by atomic mass is 19.1. The van der Waals surface area contributed by atoms with E-state index >= 15 is 0 Å². The Morgan fingerprint density at radius 2 is 1.30 bits per heavy atom. The molecule has 0 aromatic heterocycles. The van der Waals surface area contributed by atoms with Gasteiger partial charge in [-0.3, -0.25) is 0 Å². The second-order valence-electron chi connectivity index (χ2n) is 11.9. The molecule has 0 saturated heterocycles. The van der Waals surface area contributed by atoms with Crippen LogP contribution < -0.4 is 0 Å². The molecule has 4 nitrogen and oxygen atoms in total. The van der Waals surface area contributed by atoms with Gasteiger partial charge in [-0.25, -0.2) is 4.39 Å². The molecule has 1 aliphatic carbocycles. The van der Waals surface area contributed by atoms with E-state index in [2.05, 4.69) is 87.1 Å².